The number of nitrogens with zero attached hydrogens (tertiary/aromatic N) is 1. The Morgan fingerprint density at radius 1 is 1.43 bits per heavy atom. The second-order valence-electron chi connectivity index (χ2n) is 5.21. The van der Waals surface area contributed by atoms with Crippen LogP contribution < -0.4 is 5.32 Å². The molecule has 5 heteroatoms. The molecule has 0 atom stereocenters. The molecule has 1 fully saturated rings. The van der Waals surface area contributed by atoms with E-state index in [2.05, 4.69) is 5.32 Å². The van der Waals surface area contributed by atoms with Crippen molar-refractivity contribution in [2.24, 2.45) is 5.92 Å². The van der Waals surface area contributed by atoms with Gasteiger partial charge in [-0.1, -0.05) is 12.1 Å². The molecule has 0 radical (unpaired) electrons. The number of aliphatic carboxylic acids is 1. The molecule has 0 aliphatic heterocycles. The Bertz CT molecular complexity index is 550. The third kappa shape index (κ3) is 4.95. The number of anilines is 1. The lowest BCUT2D eigenvalue weighted by molar-refractivity contribution is -0.131. The van der Waals surface area contributed by atoms with Crippen molar-refractivity contribution >= 4 is 23.8 Å². The first kappa shape index (κ1) is 15.1. The zero-order valence-corrected chi connectivity index (χ0v) is 12.1. The lowest BCUT2D eigenvalue weighted by Crippen LogP contribution is -2.36. The fourth-order valence-electron chi connectivity index (χ4n) is 2.06. The van der Waals surface area contributed by atoms with E-state index in [1.165, 1.54) is 18.9 Å². The first-order valence-electron chi connectivity index (χ1n) is 7.15. The summed E-state index contributed by atoms with van der Waals surface area (Å²) in [6.45, 7) is 3.45. The van der Waals surface area contributed by atoms with Gasteiger partial charge in [-0.15, -0.1) is 0 Å². The van der Waals surface area contributed by atoms with E-state index >= 15 is 0 Å². The van der Waals surface area contributed by atoms with Crippen molar-refractivity contribution in [3.63, 3.8) is 0 Å². The zero-order valence-electron chi connectivity index (χ0n) is 12.1. The van der Waals surface area contributed by atoms with E-state index in [9.17, 15) is 9.59 Å². The summed E-state index contributed by atoms with van der Waals surface area (Å²) in [7, 11) is 0. The van der Waals surface area contributed by atoms with Crippen molar-refractivity contribution < 1.29 is 14.7 Å². The average Bonchev–Trinajstić information content (AvgIpc) is 3.27. The molecular formula is C16H20N2O3. The summed E-state index contributed by atoms with van der Waals surface area (Å²) in [6.07, 6.45) is 4.99. The Morgan fingerprint density at radius 3 is 2.81 bits per heavy atom. The van der Waals surface area contributed by atoms with Gasteiger partial charge in [-0.05, 0) is 49.5 Å². The van der Waals surface area contributed by atoms with E-state index in [1.54, 1.807) is 29.2 Å². The highest BCUT2D eigenvalue weighted by atomic mass is 16.4. The molecule has 5 nitrogen and oxygen atoms in total. The molecular weight excluding hydrogens is 268 g/mol. The molecule has 21 heavy (non-hydrogen) atoms. The monoisotopic (exact) mass is 288 g/mol. The Kier molecular flexibility index (Phi) is 4.98. The lowest BCUT2D eigenvalue weighted by Gasteiger charge is -2.21. The minimum atomic E-state index is -0.994. The number of hydrogen-bond acceptors (Lipinski definition) is 2. The maximum Gasteiger partial charge on any atom is 0.328 e. The summed E-state index contributed by atoms with van der Waals surface area (Å²) >= 11 is 0. The Hall–Kier alpha value is -2.30. The van der Waals surface area contributed by atoms with Crippen LogP contribution in [0, 0.1) is 5.92 Å². The van der Waals surface area contributed by atoms with Crippen molar-refractivity contribution in [3.05, 3.63) is 35.9 Å². The molecule has 1 aliphatic carbocycles. The van der Waals surface area contributed by atoms with Crippen molar-refractivity contribution in [1.82, 2.24) is 4.90 Å². The Labute approximate surface area is 124 Å². The summed E-state index contributed by atoms with van der Waals surface area (Å²) in [5.41, 5.74) is 1.40. The second-order valence-corrected chi connectivity index (χ2v) is 5.21. The van der Waals surface area contributed by atoms with Crippen LogP contribution in [-0.2, 0) is 4.79 Å². The predicted molar refractivity (Wildman–Crippen MR) is 82.1 cm³/mol. The smallest absolute Gasteiger partial charge is 0.328 e. The molecule has 0 unspecified atom stereocenters. The van der Waals surface area contributed by atoms with Crippen LogP contribution in [-0.4, -0.2) is 35.1 Å². The Morgan fingerprint density at radius 2 is 2.19 bits per heavy atom. The maximum absolute atomic E-state index is 12.2. The number of rotatable bonds is 6. The topological polar surface area (TPSA) is 69.6 Å². The predicted octanol–water partition coefficient (Wildman–Crippen LogP) is 3.05. The zero-order chi connectivity index (χ0) is 15.2. The van der Waals surface area contributed by atoms with E-state index in [1.807, 2.05) is 6.92 Å². The van der Waals surface area contributed by atoms with Gasteiger partial charge in [0.15, 0.2) is 0 Å². The van der Waals surface area contributed by atoms with Gasteiger partial charge in [-0.2, -0.15) is 0 Å². The van der Waals surface area contributed by atoms with Crippen LogP contribution >= 0.6 is 0 Å². The standard InChI is InChI=1S/C16H20N2O3/c1-2-18(11-13-6-7-13)16(21)17-14-5-3-4-12(10-14)8-9-15(19)20/h3-5,8-10,13H,2,6-7,11H2,1H3,(H,17,21)(H,19,20)/b9-8+. The van der Waals surface area contributed by atoms with Crippen LogP contribution in [0.25, 0.3) is 6.08 Å². The summed E-state index contributed by atoms with van der Waals surface area (Å²) in [5, 5.41) is 11.5. The van der Waals surface area contributed by atoms with Crippen molar-refractivity contribution in [1.29, 1.82) is 0 Å². The average molecular weight is 288 g/mol. The van der Waals surface area contributed by atoms with Crippen molar-refractivity contribution in [3.8, 4) is 0 Å². The van der Waals surface area contributed by atoms with E-state index < -0.39 is 5.97 Å². The summed E-state index contributed by atoms with van der Waals surface area (Å²) in [6, 6.07) is 7.01. The molecule has 0 bridgehead atoms. The number of hydrogen-bond donors (Lipinski definition) is 2. The summed E-state index contributed by atoms with van der Waals surface area (Å²) in [4.78, 5) is 24.5. The van der Waals surface area contributed by atoms with Crippen LogP contribution in [0.15, 0.2) is 30.3 Å². The number of urea groups is 1. The Balaban J connectivity index is 1.99. The van der Waals surface area contributed by atoms with Crippen molar-refractivity contribution in [2.45, 2.75) is 19.8 Å². The van der Waals surface area contributed by atoms with E-state index in [-0.39, 0.29) is 6.03 Å². The number of carbonyl (C=O) groups is 2. The number of carbonyl (C=O) groups excluding carboxylic acids is 1. The van der Waals surface area contributed by atoms with Gasteiger partial charge in [0.2, 0.25) is 0 Å². The molecule has 1 aromatic rings. The molecule has 2 amide bonds. The molecule has 2 rings (SSSR count). The maximum atomic E-state index is 12.2. The van der Waals surface area contributed by atoms with Gasteiger partial charge in [-0.25, -0.2) is 9.59 Å². The van der Waals surface area contributed by atoms with Crippen LogP contribution in [0.5, 0.6) is 0 Å². The number of nitrogens with one attached hydrogen (secondary N) is 1. The largest absolute Gasteiger partial charge is 0.478 e. The van der Waals surface area contributed by atoms with E-state index in [0.29, 0.717) is 18.2 Å². The van der Waals surface area contributed by atoms with Gasteiger partial charge in [0.25, 0.3) is 0 Å². The van der Waals surface area contributed by atoms with Crippen LogP contribution in [0.3, 0.4) is 0 Å². The van der Waals surface area contributed by atoms with Crippen LogP contribution in [0.1, 0.15) is 25.3 Å². The van der Waals surface area contributed by atoms with Gasteiger partial charge in [0, 0.05) is 24.9 Å². The first-order valence-corrected chi connectivity index (χ1v) is 7.15. The molecule has 1 saturated carbocycles. The van der Waals surface area contributed by atoms with Gasteiger partial charge in [0.05, 0.1) is 0 Å². The van der Waals surface area contributed by atoms with E-state index in [4.69, 9.17) is 5.11 Å². The van der Waals surface area contributed by atoms with Crippen molar-refractivity contribution in [2.75, 3.05) is 18.4 Å². The molecule has 112 valence electrons. The lowest BCUT2D eigenvalue weighted by atomic mass is 10.2. The SMILES string of the molecule is CCN(CC1CC1)C(=O)Nc1cccc(/C=C/C(=O)O)c1. The summed E-state index contributed by atoms with van der Waals surface area (Å²) in [5.74, 6) is -0.341. The van der Waals surface area contributed by atoms with Crippen LogP contribution in [0.2, 0.25) is 0 Å². The number of benzene rings is 1. The molecule has 1 aromatic carbocycles. The van der Waals surface area contributed by atoms with Gasteiger partial charge >= 0.3 is 12.0 Å². The first-order chi connectivity index (χ1) is 10.1. The highest BCUT2D eigenvalue weighted by Crippen LogP contribution is 2.29. The molecule has 0 heterocycles. The quantitative estimate of drug-likeness (QED) is 0.790. The third-order valence-corrected chi connectivity index (χ3v) is 3.40. The fourth-order valence-corrected chi connectivity index (χ4v) is 2.06. The molecule has 0 saturated heterocycles. The molecule has 0 spiro atoms. The summed E-state index contributed by atoms with van der Waals surface area (Å²) < 4.78 is 0. The fraction of sp³-hybridized carbons (Fsp3) is 0.375. The molecule has 0 aromatic heterocycles. The highest BCUT2D eigenvalue weighted by Gasteiger charge is 2.25. The van der Waals surface area contributed by atoms with Gasteiger partial charge in [-0.3, -0.25) is 0 Å². The van der Waals surface area contributed by atoms with Gasteiger partial charge < -0.3 is 15.3 Å². The normalized spacial score (nSPS) is 14.1. The minimum absolute atomic E-state index is 0.108. The third-order valence-electron chi connectivity index (χ3n) is 3.40. The van der Waals surface area contributed by atoms with Crippen LogP contribution in [0.4, 0.5) is 10.5 Å². The number of amides is 2. The van der Waals surface area contributed by atoms with E-state index in [0.717, 1.165) is 18.2 Å². The molecule has 1 aliphatic rings. The van der Waals surface area contributed by atoms with Gasteiger partial charge in [0.1, 0.15) is 0 Å². The minimum Gasteiger partial charge on any atom is -0.478 e. The highest BCUT2D eigenvalue weighted by molar-refractivity contribution is 5.90. The molecule has 2 N–H and O–H groups in total. The number of carboxylic acids is 1. The second kappa shape index (κ2) is 6.92. The number of carboxylic acid groups (broad SMARTS) is 1.